The van der Waals surface area contributed by atoms with Crippen LogP contribution in [0.5, 0.6) is 0 Å². The number of aryl methyl sites for hydroxylation is 1. The Kier molecular flexibility index (Phi) is 3.46. The van der Waals surface area contributed by atoms with E-state index in [4.69, 9.17) is 5.73 Å². The van der Waals surface area contributed by atoms with Gasteiger partial charge in [-0.05, 0) is 12.5 Å². The number of H-pyrrole nitrogens is 1. The van der Waals surface area contributed by atoms with Crippen LogP contribution in [0.15, 0.2) is 18.3 Å². The van der Waals surface area contributed by atoms with Crippen LogP contribution < -0.4 is 11.1 Å². The standard InChI is InChI=1S/C12H12F2N4O/c1-2-6-5-16-18-11(6)17-12(19)7-3-10(15)9(14)4-8(7)13/h3-5H,2,15H2,1H3,(H2,16,17,18,19). The van der Waals surface area contributed by atoms with E-state index < -0.39 is 17.5 Å². The molecule has 2 aromatic rings. The molecule has 0 atom stereocenters. The first-order chi connectivity index (χ1) is 9.02. The molecule has 0 bridgehead atoms. The fourth-order valence-corrected chi connectivity index (χ4v) is 1.61. The van der Waals surface area contributed by atoms with Gasteiger partial charge in [0.15, 0.2) is 0 Å². The molecule has 0 radical (unpaired) electrons. The molecule has 4 N–H and O–H groups in total. The fraction of sp³-hybridized carbons (Fsp3) is 0.167. The van der Waals surface area contributed by atoms with Crippen molar-refractivity contribution in [2.24, 2.45) is 0 Å². The lowest BCUT2D eigenvalue weighted by Gasteiger charge is -2.07. The average molecular weight is 266 g/mol. The lowest BCUT2D eigenvalue weighted by atomic mass is 10.1. The van der Waals surface area contributed by atoms with Gasteiger partial charge in [0.25, 0.3) is 5.91 Å². The molecular formula is C12H12F2N4O. The molecule has 1 heterocycles. The summed E-state index contributed by atoms with van der Waals surface area (Å²) in [5.74, 6) is -2.20. The summed E-state index contributed by atoms with van der Waals surface area (Å²) in [6, 6.07) is 1.54. The van der Waals surface area contributed by atoms with Gasteiger partial charge in [0, 0.05) is 11.6 Å². The minimum absolute atomic E-state index is 0.285. The summed E-state index contributed by atoms with van der Waals surface area (Å²) in [7, 11) is 0. The minimum Gasteiger partial charge on any atom is -0.396 e. The second-order valence-electron chi connectivity index (χ2n) is 3.93. The number of aromatic amines is 1. The van der Waals surface area contributed by atoms with Gasteiger partial charge >= 0.3 is 0 Å². The number of benzene rings is 1. The van der Waals surface area contributed by atoms with Gasteiger partial charge in [-0.15, -0.1) is 0 Å². The molecule has 1 aromatic heterocycles. The van der Waals surface area contributed by atoms with Crippen molar-refractivity contribution in [1.82, 2.24) is 10.2 Å². The molecule has 0 aliphatic rings. The Morgan fingerprint density at radius 3 is 2.84 bits per heavy atom. The summed E-state index contributed by atoms with van der Waals surface area (Å²) in [4.78, 5) is 11.9. The molecule has 7 heteroatoms. The predicted octanol–water partition coefficient (Wildman–Crippen LogP) is 2.08. The number of carbonyl (C=O) groups is 1. The van der Waals surface area contributed by atoms with E-state index in [9.17, 15) is 13.6 Å². The van der Waals surface area contributed by atoms with E-state index in [1.54, 1.807) is 6.20 Å². The van der Waals surface area contributed by atoms with Crippen molar-refractivity contribution < 1.29 is 13.6 Å². The van der Waals surface area contributed by atoms with Gasteiger partial charge in [-0.25, -0.2) is 8.78 Å². The van der Waals surface area contributed by atoms with E-state index in [-0.39, 0.29) is 11.3 Å². The number of nitrogen functional groups attached to an aromatic ring is 1. The minimum atomic E-state index is -0.971. The van der Waals surface area contributed by atoms with Gasteiger partial charge in [0.05, 0.1) is 17.4 Å². The summed E-state index contributed by atoms with van der Waals surface area (Å²) in [5, 5.41) is 8.84. The summed E-state index contributed by atoms with van der Waals surface area (Å²) in [5.41, 5.74) is 5.49. The molecule has 19 heavy (non-hydrogen) atoms. The van der Waals surface area contributed by atoms with E-state index in [2.05, 4.69) is 15.5 Å². The lowest BCUT2D eigenvalue weighted by molar-refractivity contribution is 0.102. The number of anilines is 2. The summed E-state index contributed by atoms with van der Waals surface area (Å²) in [6.07, 6.45) is 2.21. The van der Waals surface area contributed by atoms with Crippen LogP contribution in [0.2, 0.25) is 0 Å². The second-order valence-corrected chi connectivity index (χ2v) is 3.93. The maximum absolute atomic E-state index is 13.5. The Balaban J connectivity index is 2.28. The van der Waals surface area contributed by atoms with Gasteiger partial charge in [-0.1, -0.05) is 6.92 Å². The van der Waals surface area contributed by atoms with Crippen molar-refractivity contribution in [1.29, 1.82) is 0 Å². The summed E-state index contributed by atoms with van der Waals surface area (Å²) < 4.78 is 26.5. The summed E-state index contributed by atoms with van der Waals surface area (Å²) >= 11 is 0. The highest BCUT2D eigenvalue weighted by Gasteiger charge is 2.16. The maximum atomic E-state index is 13.5. The molecule has 5 nitrogen and oxygen atoms in total. The van der Waals surface area contributed by atoms with E-state index in [0.29, 0.717) is 18.3 Å². The molecule has 0 spiro atoms. The largest absolute Gasteiger partial charge is 0.396 e. The van der Waals surface area contributed by atoms with Crippen LogP contribution >= 0.6 is 0 Å². The van der Waals surface area contributed by atoms with Gasteiger partial charge < -0.3 is 11.1 Å². The molecule has 100 valence electrons. The average Bonchev–Trinajstić information content (AvgIpc) is 2.80. The van der Waals surface area contributed by atoms with Crippen LogP contribution in [0.1, 0.15) is 22.8 Å². The van der Waals surface area contributed by atoms with Crippen LogP contribution in [-0.4, -0.2) is 16.1 Å². The number of halogens is 2. The number of hydrogen-bond acceptors (Lipinski definition) is 3. The van der Waals surface area contributed by atoms with Gasteiger partial charge in [-0.3, -0.25) is 9.89 Å². The quantitative estimate of drug-likeness (QED) is 0.744. The molecule has 1 aromatic carbocycles. The van der Waals surface area contributed by atoms with Crippen LogP contribution in [0.25, 0.3) is 0 Å². The number of nitrogens with zero attached hydrogens (tertiary/aromatic N) is 1. The molecular weight excluding hydrogens is 254 g/mol. The van der Waals surface area contributed by atoms with Crippen molar-refractivity contribution in [3.63, 3.8) is 0 Å². The van der Waals surface area contributed by atoms with Crippen molar-refractivity contribution >= 4 is 17.4 Å². The SMILES string of the molecule is CCc1cn[nH]c1NC(=O)c1cc(N)c(F)cc1F. The van der Waals surface area contributed by atoms with Crippen molar-refractivity contribution in [3.8, 4) is 0 Å². The first kappa shape index (κ1) is 13.0. The Morgan fingerprint density at radius 1 is 1.42 bits per heavy atom. The zero-order valence-electron chi connectivity index (χ0n) is 10.1. The molecule has 0 unspecified atom stereocenters. The molecule has 2 rings (SSSR count). The number of aromatic nitrogens is 2. The monoisotopic (exact) mass is 266 g/mol. The van der Waals surface area contributed by atoms with E-state index in [1.165, 1.54) is 0 Å². The normalized spacial score (nSPS) is 10.5. The van der Waals surface area contributed by atoms with Crippen LogP contribution in [0, 0.1) is 11.6 Å². The zero-order valence-corrected chi connectivity index (χ0v) is 10.1. The first-order valence-corrected chi connectivity index (χ1v) is 5.61. The topological polar surface area (TPSA) is 83.8 Å². The Hall–Kier alpha value is -2.44. The number of rotatable bonds is 3. The number of amides is 1. The highest BCUT2D eigenvalue weighted by molar-refractivity contribution is 6.04. The molecule has 0 saturated heterocycles. The van der Waals surface area contributed by atoms with Gasteiger partial charge in [-0.2, -0.15) is 5.10 Å². The molecule has 1 amide bonds. The smallest absolute Gasteiger partial charge is 0.259 e. The van der Waals surface area contributed by atoms with E-state index in [0.717, 1.165) is 11.6 Å². The molecule has 0 aliphatic carbocycles. The van der Waals surface area contributed by atoms with Crippen LogP contribution in [0.3, 0.4) is 0 Å². The third-order valence-electron chi connectivity index (χ3n) is 2.67. The van der Waals surface area contributed by atoms with Crippen molar-refractivity contribution in [2.45, 2.75) is 13.3 Å². The third kappa shape index (κ3) is 2.54. The van der Waals surface area contributed by atoms with Crippen LogP contribution in [-0.2, 0) is 6.42 Å². The van der Waals surface area contributed by atoms with Gasteiger partial charge in [0.2, 0.25) is 0 Å². The molecule has 0 fully saturated rings. The Morgan fingerprint density at radius 2 is 2.16 bits per heavy atom. The van der Waals surface area contributed by atoms with Crippen LogP contribution in [0.4, 0.5) is 20.3 Å². The van der Waals surface area contributed by atoms with Crippen molar-refractivity contribution in [2.75, 3.05) is 11.1 Å². The maximum Gasteiger partial charge on any atom is 0.259 e. The predicted molar refractivity (Wildman–Crippen MR) is 66.7 cm³/mol. The Labute approximate surface area is 107 Å². The third-order valence-corrected chi connectivity index (χ3v) is 2.67. The number of carbonyl (C=O) groups excluding carboxylic acids is 1. The molecule has 0 saturated carbocycles. The number of nitrogens with two attached hydrogens (primary N) is 1. The second kappa shape index (κ2) is 5.05. The zero-order chi connectivity index (χ0) is 14.0. The Bertz CT molecular complexity index is 624. The van der Waals surface area contributed by atoms with Crippen molar-refractivity contribution in [3.05, 3.63) is 41.1 Å². The molecule has 0 aliphatic heterocycles. The van der Waals surface area contributed by atoms with E-state index in [1.807, 2.05) is 6.92 Å². The number of nitrogens with one attached hydrogen (secondary N) is 2. The lowest BCUT2D eigenvalue weighted by Crippen LogP contribution is -2.16. The highest BCUT2D eigenvalue weighted by atomic mass is 19.1. The van der Waals surface area contributed by atoms with E-state index >= 15 is 0 Å². The van der Waals surface area contributed by atoms with Gasteiger partial charge in [0.1, 0.15) is 17.5 Å². The number of hydrogen-bond donors (Lipinski definition) is 3. The highest BCUT2D eigenvalue weighted by Crippen LogP contribution is 2.19. The summed E-state index contributed by atoms with van der Waals surface area (Å²) in [6.45, 7) is 1.89. The fourth-order valence-electron chi connectivity index (χ4n) is 1.61. The first-order valence-electron chi connectivity index (χ1n) is 5.61.